The van der Waals surface area contributed by atoms with Crippen LogP contribution >= 0.6 is 0 Å². The van der Waals surface area contributed by atoms with Crippen LogP contribution in [-0.4, -0.2) is 64.6 Å². The fourth-order valence-electron chi connectivity index (χ4n) is 7.51. The number of benzene rings is 3. The van der Waals surface area contributed by atoms with Crippen molar-refractivity contribution in [3.63, 3.8) is 0 Å². The zero-order valence-electron chi connectivity index (χ0n) is 23.3. The molecule has 4 heterocycles. The lowest BCUT2D eigenvalue weighted by molar-refractivity contribution is -0.136. The number of hydrogen-bond donors (Lipinski definition) is 1. The minimum absolute atomic E-state index is 0.102. The van der Waals surface area contributed by atoms with Gasteiger partial charge in [0, 0.05) is 38.2 Å². The average molecular weight is 549 g/mol. The maximum absolute atomic E-state index is 13.2. The molecular weight excluding hydrogens is 512 g/mol. The van der Waals surface area contributed by atoms with E-state index in [1.54, 1.807) is 4.90 Å². The topological polar surface area (TPSA) is 73.0 Å². The number of carbonyl (C=O) groups is 3. The molecule has 3 saturated heterocycles. The molecule has 4 aliphatic rings. The van der Waals surface area contributed by atoms with Gasteiger partial charge < -0.3 is 4.90 Å². The Morgan fingerprint density at radius 2 is 1.49 bits per heavy atom. The largest absolute Gasteiger partial charge is 0.322 e. The molecule has 3 fully saturated rings. The van der Waals surface area contributed by atoms with E-state index in [-0.39, 0.29) is 30.2 Å². The van der Waals surface area contributed by atoms with Crippen LogP contribution in [0.4, 0.5) is 0 Å². The molecule has 1 unspecified atom stereocenters. The van der Waals surface area contributed by atoms with Crippen molar-refractivity contribution >= 4 is 17.7 Å². The summed E-state index contributed by atoms with van der Waals surface area (Å²) in [6, 6.07) is 27.4. The molecular formula is C34H36N4O3. The van der Waals surface area contributed by atoms with Crippen molar-refractivity contribution in [2.75, 3.05) is 26.2 Å². The molecule has 4 aliphatic heterocycles. The molecule has 3 amide bonds. The van der Waals surface area contributed by atoms with Crippen molar-refractivity contribution in [2.24, 2.45) is 5.41 Å². The lowest BCUT2D eigenvalue weighted by Gasteiger charge is -2.55. The van der Waals surface area contributed by atoms with Crippen molar-refractivity contribution in [3.05, 3.63) is 107 Å². The van der Waals surface area contributed by atoms with E-state index in [1.807, 2.05) is 12.1 Å². The van der Waals surface area contributed by atoms with E-state index in [4.69, 9.17) is 0 Å². The van der Waals surface area contributed by atoms with E-state index >= 15 is 0 Å². The zero-order valence-corrected chi connectivity index (χ0v) is 23.3. The first kappa shape index (κ1) is 26.1. The highest BCUT2D eigenvalue weighted by atomic mass is 16.2. The van der Waals surface area contributed by atoms with Crippen molar-refractivity contribution in [3.8, 4) is 0 Å². The first-order valence-corrected chi connectivity index (χ1v) is 14.8. The van der Waals surface area contributed by atoms with Gasteiger partial charge in [-0.15, -0.1) is 0 Å². The highest BCUT2D eigenvalue weighted by molar-refractivity contribution is 6.05. The molecule has 7 heteroatoms. The van der Waals surface area contributed by atoms with E-state index in [0.29, 0.717) is 23.9 Å². The second-order valence-electron chi connectivity index (χ2n) is 12.2. The Kier molecular flexibility index (Phi) is 6.72. The maximum Gasteiger partial charge on any atom is 0.255 e. The van der Waals surface area contributed by atoms with Gasteiger partial charge in [0.2, 0.25) is 11.8 Å². The van der Waals surface area contributed by atoms with Crippen LogP contribution < -0.4 is 5.32 Å². The van der Waals surface area contributed by atoms with Gasteiger partial charge in [-0.3, -0.25) is 29.5 Å². The molecule has 7 rings (SSSR count). The normalized spacial score (nSPS) is 22.6. The number of carbonyl (C=O) groups excluding carboxylic acids is 3. The summed E-state index contributed by atoms with van der Waals surface area (Å²) in [5.41, 5.74) is 5.97. The zero-order chi connectivity index (χ0) is 28.0. The number of rotatable bonds is 6. The molecule has 0 saturated carbocycles. The monoisotopic (exact) mass is 548 g/mol. The number of amides is 3. The van der Waals surface area contributed by atoms with Crippen molar-refractivity contribution < 1.29 is 14.4 Å². The first-order chi connectivity index (χ1) is 20.0. The van der Waals surface area contributed by atoms with Crippen LogP contribution in [0, 0.1) is 5.41 Å². The highest BCUT2D eigenvalue weighted by Crippen LogP contribution is 2.44. The molecule has 1 spiro atoms. The Labute approximate surface area is 241 Å². The quantitative estimate of drug-likeness (QED) is 0.469. The van der Waals surface area contributed by atoms with Crippen molar-refractivity contribution in [1.82, 2.24) is 20.0 Å². The van der Waals surface area contributed by atoms with Gasteiger partial charge in [0.25, 0.3) is 5.91 Å². The minimum atomic E-state index is -0.575. The van der Waals surface area contributed by atoms with Gasteiger partial charge in [-0.05, 0) is 66.1 Å². The number of fused-ring (bicyclic) bond motifs is 1. The first-order valence-electron chi connectivity index (χ1n) is 14.8. The molecule has 7 nitrogen and oxygen atoms in total. The number of hydrogen-bond acceptors (Lipinski definition) is 5. The number of piperidine rings is 2. The minimum Gasteiger partial charge on any atom is -0.322 e. The number of nitrogens with one attached hydrogen (secondary N) is 1. The van der Waals surface area contributed by atoms with Crippen LogP contribution in [0.3, 0.4) is 0 Å². The van der Waals surface area contributed by atoms with Crippen LogP contribution in [-0.2, 0) is 22.7 Å². The third-order valence-electron chi connectivity index (χ3n) is 9.65. The number of nitrogens with zero attached hydrogens (tertiary/aromatic N) is 3. The molecule has 1 N–H and O–H groups in total. The third kappa shape index (κ3) is 4.87. The molecule has 210 valence electrons. The summed E-state index contributed by atoms with van der Waals surface area (Å²) in [5, 5.41) is 2.40. The number of likely N-dealkylation sites (tertiary alicyclic amines) is 2. The predicted molar refractivity (Wildman–Crippen MR) is 156 cm³/mol. The molecule has 0 aromatic heterocycles. The third-order valence-corrected chi connectivity index (χ3v) is 9.65. The van der Waals surface area contributed by atoms with Gasteiger partial charge in [0.1, 0.15) is 6.04 Å². The molecule has 3 aromatic carbocycles. The van der Waals surface area contributed by atoms with E-state index in [9.17, 15) is 14.4 Å². The summed E-state index contributed by atoms with van der Waals surface area (Å²) < 4.78 is 0. The molecule has 3 aromatic rings. The van der Waals surface area contributed by atoms with E-state index in [2.05, 4.69) is 81.8 Å². The number of imide groups is 1. The van der Waals surface area contributed by atoms with Gasteiger partial charge in [0.15, 0.2) is 0 Å². The van der Waals surface area contributed by atoms with Gasteiger partial charge in [-0.1, -0.05) is 72.8 Å². The Hall–Kier alpha value is -3.81. The summed E-state index contributed by atoms with van der Waals surface area (Å²) in [7, 11) is 0. The standard InChI is InChI=1S/C34H36N4O3/c39-30-15-14-29(32(40)35-30)38-21-28-26(12-7-13-27(28)33(38)41)20-36-22-34(23-36)16-18-37(19-17-34)31(24-8-3-1-4-9-24)25-10-5-2-6-11-25/h1-13,29,31H,14-23H2,(H,35,39,40). The lowest BCUT2D eigenvalue weighted by Crippen LogP contribution is -2.60. The van der Waals surface area contributed by atoms with Crippen LogP contribution in [0.2, 0.25) is 0 Å². The van der Waals surface area contributed by atoms with E-state index in [1.165, 1.54) is 29.5 Å². The van der Waals surface area contributed by atoms with Gasteiger partial charge >= 0.3 is 0 Å². The van der Waals surface area contributed by atoms with Crippen LogP contribution in [0.5, 0.6) is 0 Å². The summed E-state index contributed by atoms with van der Waals surface area (Å²) in [6.45, 7) is 5.58. The Morgan fingerprint density at radius 1 is 0.829 bits per heavy atom. The average Bonchev–Trinajstić information content (AvgIpc) is 3.31. The summed E-state index contributed by atoms with van der Waals surface area (Å²) in [6.07, 6.45) is 3.04. The van der Waals surface area contributed by atoms with Gasteiger partial charge in [-0.2, -0.15) is 0 Å². The fourth-order valence-corrected chi connectivity index (χ4v) is 7.51. The van der Waals surface area contributed by atoms with Crippen LogP contribution in [0.15, 0.2) is 78.9 Å². The van der Waals surface area contributed by atoms with E-state index in [0.717, 1.165) is 38.3 Å². The Bertz CT molecular complexity index is 1420. The van der Waals surface area contributed by atoms with Crippen LogP contribution in [0.1, 0.15) is 64.3 Å². The summed E-state index contributed by atoms with van der Waals surface area (Å²) >= 11 is 0. The molecule has 0 aliphatic carbocycles. The maximum atomic E-state index is 13.2. The SMILES string of the molecule is O=C1CCC(N2Cc3c(CN4CC5(CCN(C(c6ccccc6)c6ccccc6)CC5)C4)cccc3C2=O)C(=O)N1. The van der Waals surface area contributed by atoms with E-state index < -0.39 is 6.04 Å². The second-order valence-corrected chi connectivity index (χ2v) is 12.2. The van der Waals surface area contributed by atoms with Crippen LogP contribution in [0.25, 0.3) is 0 Å². The van der Waals surface area contributed by atoms with Gasteiger partial charge in [0.05, 0.1) is 6.04 Å². The molecule has 41 heavy (non-hydrogen) atoms. The molecule has 0 bridgehead atoms. The molecule has 0 radical (unpaired) electrons. The summed E-state index contributed by atoms with van der Waals surface area (Å²) in [5.74, 6) is -0.721. The fraction of sp³-hybridized carbons (Fsp3) is 0.382. The summed E-state index contributed by atoms with van der Waals surface area (Å²) in [4.78, 5) is 44.1. The van der Waals surface area contributed by atoms with Crippen molar-refractivity contribution in [1.29, 1.82) is 0 Å². The van der Waals surface area contributed by atoms with Gasteiger partial charge in [-0.25, -0.2) is 0 Å². The Morgan fingerprint density at radius 3 is 2.12 bits per heavy atom. The van der Waals surface area contributed by atoms with Crippen molar-refractivity contribution in [2.45, 2.75) is 50.9 Å². The molecule has 1 atom stereocenters. The highest BCUT2D eigenvalue weighted by Gasteiger charge is 2.46. The second kappa shape index (κ2) is 10.5. The predicted octanol–water partition coefficient (Wildman–Crippen LogP) is 4.14. The lowest BCUT2D eigenvalue weighted by atomic mass is 9.71. The Balaban J connectivity index is 0.995. The smallest absolute Gasteiger partial charge is 0.255 e.